The number of aliphatic hydroxyl groups excluding tert-OH is 1. The summed E-state index contributed by atoms with van der Waals surface area (Å²) in [6, 6.07) is 0. The molecule has 0 saturated carbocycles. The highest BCUT2D eigenvalue weighted by atomic mass is 35.5. The van der Waals surface area contributed by atoms with Gasteiger partial charge in [-0.05, 0) is 0 Å². The van der Waals surface area contributed by atoms with Crippen LogP contribution in [0.15, 0.2) is 0 Å². The lowest BCUT2D eigenvalue weighted by Gasteiger charge is -2.09. The van der Waals surface area contributed by atoms with E-state index in [2.05, 4.69) is 4.98 Å². The number of benzene rings is 1. The fraction of sp³-hybridized carbons (Fsp3) is 0.300. The maximum atomic E-state index is 8.69. The summed E-state index contributed by atoms with van der Waals surface area (Å²) in [6.45, 7) is 0.121. The van der Waals surface area contributed by atoms with Crippen molar-refractivity contribution in [1.29, 1.82) is 0 Å². The first-order valence-corrected chi connectivity index (χ1v) is 6.66. The summed E-state index contributed by atoms with van der Waals surface area (Å²) in [5.74, 6) is 0.162. The number of rotatable bonds is 4. The maximum absolute atomic E-state index is 8.69. The van der Waals surface area contributed by atoms with Crippen LogP contribution in [0.5, 0.6) is 0 Å². The zero-order chi connectivity index (χ0) is 14.2. The summed E-state index contributed by atoms with van der Waals surface area (Å²) < 4.78 is 6.70. The van der Waals surface area contributed by atoms with E-state index in [9.17, 15) is 0 Å². The summed E-state index contributed by atoms with van der Waals surface area (Å²) in [4.78, 5) is 4.09. The van der Waals surface area contributed by atoms with Crippen LogP contribution in [-0.2, 0) is 11.5 Å². The molecular formula is C10H9Cl4N3O2. The first kappa shape index (κ1) is 15.0. The van der Waals surface area contributed by atoms with Gasteiger partial charge < -0.3 is 15.6 Å². The second-order valence-electron chi connectivity index (χ2n) is 3.61. The van der Waals surface area contributed by atoms with Crippen LogP contribution in [0, 0.1) is 0 Å². The molecule has 1 aromatic carbocycles. The number of fused-ring (bicyclic) bond motifs is 1. The SMILES string of the molecule is Nc1nc2c(Cl)c(Cl)c(Cl)c(Cl)c2n1COCCO. The summed E-state index contributed by atoms with van der Waals surface area (Å²) in [5.41, 5.74) is 6.57. The number of hydrogen-bond acceptors (Lipinski definition) is 4. The number of aromatic nitrogens is 2. The summed E-state index contributed by atoms with van der Waals surface area (Å²) in [6.07, 6.45) is 0. The molecule has 3 N–H and O–H groups in total. The topological polar surface area (TPSA) is 73.3 Å². The Morgan fingerprint density at radius 1 is 1.11 bits per heavy atom. The van der Waals surface area contributed by atoms with Crippen molar-refractivity contribution in [1.82, 2.24) is 9.55 Å². The highest BCUT2D eigenvalue weighted by molar-refractivity contribution is 6.55. The molecule has 0 unspecified atom stereocenters. The van der Waals surface area contributed by atoms with Gasteiger partial charge in [-0.1, -0.05) is 46.4 Å². The molecule has 1 aromatic heterocycles. The zero-order valence-corrected chi connectivity index (χ0v) is 12.5. The molecule has 0 aliphatic rings. The molecule has 2 aromatic rings. The third kappa shape index (κ3) is 2.59. The minimum absolute atomic E-state index is 0.0664. The Labute approximate surface area is 128 Å². The maximum Gasteiger partial charge on any atom is 0.203 e. The van der Waals surface area contributed by atoms with Crippen molar-refractivity contribution < 1.29 is 9.84 Å². The van der Waals surface area contributed by atoms with Crippen LogP contribution >= 0.6 is 46.4 Å². The summed E-state index contributed by atoms with van der Waals surface area (Å²) in [7, 11) is 0. The van der Waals surface area contributed by atoms with Crippen LogP contribution in [0.1, 0.15) is 0 Å². The van der Waals surface area contributed by atoms with E-state index in [-0.39, 0.29) is 46.0 Å². The molecule has 0 bridgehead atoms. The van der Waals surface area contributed by atoms with Crippen LogP contribution in [0.2, 0.25) is 20.1 Å². The molecule has 0 amide bonds. The minimum Gasteiger partial charge on any atom is -0.394 e. The molecule has 9 heteroatoms. The Balaban J connectivity index is 2.62. The molecule has 19 heavy (non-hydrogen) atoms. The van der Waals surface area contributed by atoms with E-state index in [1.807, 2.05) is 0 Å². The van der Waals surface area contributed by atoms with Crippen molar-refractivity contribution in [2.45, 2.75) is 6.73 Å². The van der Waals surface area contributed by atoms with Gasteiger partial charge in [-0.25, -0.2) is 4.98 Å². The first-order valence-electron chi connectivity index (χ1n) is 5.15. The van der Waals surface area contributed by atoms with Gasteiger partial charge in [0.05, 0.1) is 38.8 Å². The van der Waals surface area contributed by atoms with Gasteiger partial charge in [-0.3, -0.25) is 4.57 Å². The Bertz CT molecular complexity index is 629. The predicted octanol–water partition coefficient (Wildman–Crippen LogP) is 3.20. The largest absolute Gasteiger partial charge is 0.394 e. The van der Waals surface area contributed by atoms with Crippen molar-refractivity contribution >= 4 is 63.4 Å². The van der Waals surface area contributed by atoms with Crippen molar-refractivity contribution in [3.8, 4) is 0 Å². The van der Waals surface area contributed by atoms with Crippen molar-refractivity contribution in [2.75, 3.05) is 18.9 Å². The lowest BCUT2D eigenvalue weighted by molar-refractivity contribution is 0.0512. The molecule has 1 heterocycles. The third-order valence-corrected chi connectivity index (χ3v) is 4.23. The molecule has 2 rings (SSSR count). The number of anilines is 1. The Morgan fingerprint density at radius 2 is 1.74 bits per heavy atom. The number of aliphatic hydroxyl groups is 1. The quantitative estimate of drug-likeness (QED) is 0.507. The van der Waals surface area contributed by atoms with Gasteiger partial charge in [0.25, 0.3) is 0 Å². The first-order chi connectivity index (χ1) is 8.99. The molecule has 0 aliphatic heterocycles. The fourth-order valence-electron chi connectivity index (χ4n) is 1.60. The van der Waals surface area contributed by atoms with E-state index >= 15 is 0 Å². The van der Waals surface area contributed by atoms with Gasteiger partial charge >= 0.3 is 0 Å². The van der Waals surface area contributed by atoms with Gasteiger partial charge in [0.1, 0.15) is 12.2 Å². The summed E-state index contributed by atoms with van der Waals surface area (Å²) in [5, 5.41) is 9.32. The van der Waals surface area contributed by atoms with E-state index in [0.717, 1.165) is 0 Å². The average Bonchev–Trinajstić information content (AvgIpc) is 2.72. The molecule has 0 aliphatic carbocycles. The van der Waals surface area contributed by atoms with E-state index in [1.54, 1.807) is 0 Å². The molecule has 104 valence electrons. The second kappa shape index (κ2) is 5.91. The van der Waals surface area contributed by atoms with Gasteiger partial charge in [0, 0.05) is 0 Å². The van der Waals surface area contributed by atoms with Crippen molar-refractivity contribution in [3.05, 3.63) is 20.1 Å². The zero-order valence-electron chi connectivity index (χ0n) is 9.46. The monoisotopic (exact) mass is 343 g/mol. The average molecular weight is 345 g/mol. The van der Waals surface area contributed by atoms with Gasteiger partial charge in [0.2, 0.25) is 5.95 Å². The van der Waals surface area contributed by atoms with E-state index in [1.165, 1.54) is 4.57 Å². The van der Waals surface area contributed by atoms with Gasteiger partial charge in [0.15, 0.2) is 0 Å². The van der Waals surface area contributed by atoms with E-state index in [0.29, 0.717) is 11.0 Å². The van der Waals surface area contributed by atoms with Gasteiger partial charge in [-0.15, -0.1) is 0 Å². The highest BCUT2D eigenvalue weighted by Gasteiger charge is 2.21. The lowest BCUT2D eigenvalue weighted by Crippen LogP contribution is -2.09. The number of imidazole rings is 1. The molecule has 0 spiro atoms. The molecule has 0 saturated heterocycles. The van der Waals surface area contributed by atoms with E-state index < -0.39 is 0 Å². The molecule has 5 nitrogen and oxygen atoms in total. The second-order valence-corrected chi connectivity index (χ2v) is 5.12. The van der Waals surface area contributed by atoms with Crippen LogP contribution in [0.25, 0.3) is 11.0 Å². The van der Waals surface area contributed by atoms with E-state index in [4.69, 9.17) is 62.0 Å². The number of nitrogens with zero attached hydrogens (tertiary/aromatic N) is 2. The number of hydrogen-bond donors (Lipinski definition) is 2. The fourth-order valence-corrected chi connectivity index (χ4v) is 2.57. The van der Waals surface area contributed by atoms with Crippen LogP contribution in [0.3, 0.4) is 0 Å². The molecule has 0 atom stereocenters. The number of ether oxygens (including phenoxy) is 1. The number of halogens is 4. The van der Waals surface area contributed by atoms with Crippen LogP contribution in [0.4, 0.5) is 5.95 Å². The molecular weight excluding hydrogens is 336 g/mol. The van der Waals surface area contributed by atoms with Gasteiger partial charge in [-0.2, -0.15) is 0 Å². The standard InChI is InChI=1S/C10H9Cl4N3O2/c11-4-5(12)7(14)9-8(6(4)13)16-10(15)17(9)3-19-2-1-18/h18H,1-3H2,(H2,15,16). The van der Waals surface area contributed by atoms with Crippen molar-refractivity contribution in [3.63, 3.8) is 0 Å². The smallest absolute Gasteiger partial charge is 0.203 e. The van der Waals surface area contributed by atoms with Crippen LogP contribution in [-0.4, -0.2) is 27.9 Å². The lowest BCUT2D eigenvalue weighted by atomic mass is 10.3. The number of nitrogen functional groups attached to an aromatic ring is 1. The Kier molecular flexibility index (Phi) is 4.66. The minimum atomic E-state index is -0.104. The molecule has 0 fully saturated rings. The molecule has 0 radical (unpaired) electrons. The van der Waals surface area contributed by atoms with Crippen molar-refractivity contribution in [2.24, 2.45) is 0 Å². The third-order valence-electron chi connectivity index (χ3n) is 2.45. The Morgan fingerprint density at radius 3 is 2.37 bits per heavy atom. The number of nitrogens with two attached hydrogens (primary N) is 1. The predicted molar refractivity (Wildman–Crippen MR) is 77.2 cm³/mol. The highest BCUT2D eigenvalue weighted by Crippen LogP contribution is 2.43. The summed E-state index contributed by atoms with van der Waals surface area (Å²) >= 11 is 24.1. The Hall–Kier alpha value is -0.430. The normalized spacial score (nSPS) is 11.4. The van der Waals surface area contributed by atoms with Crippen LogP contribution < -0.4 is 5.73 Å².